The number of ketones is 1. The SMILES string of the molecule is Nc1ccccc1OCC(=O)c1ccc(Br)cc1Br. The van der Waals surface area contributed by atoms with E-state index >= 15 is 0 Å². The van der Waals surface area contributed by atoms with E-state index in [-0.39, 0.29) is 12.4 Å². The third-order valence-corrected chi connectivity index (χ3v) is 3.66. The Bertz CT molecular complexity index is 614. The normalized spacial score (nSPS) is 10.2. The van der Waals surface area contributed by atoms with Gasteiger partial charge in [0.15, 0.2) is 6.61 Å². The quantitative estimate of drug-likeness (QED) is 0.638. The van der Waals surface area contributed by atoms with Crippen molar-refractivity contribution in [3.63, 3.8) is 0 Å². The number of hydrogen-bond donors (Lipinski definition) is 1. The summed E-state index contributed by atoms with van der Waals surface area (Å²) in [6.07, 6.45) is 0. The number of ether oxygens (including phenoxy) is 1. The largest absolute Gasteiger partial charge is 0.483 e. The summed E-state index contributed by atoms with van der Waals surface area (Å²) in [5.41, 5.74) is 6.84. The number of rotatable bonds is 4. The van der Waals surface area contributed by atoms with Crippen LogP contribution in [0.1, 0.15) is 10.4 Å². The summed E-state index contributed by atoms with van der Waals surface area (Å²) < 4.78 is 7.07. The predicted molar refractivity (Wildman–Crippen MR) is 82.5 cm³/mol. The summed E-state index contributed by atoms with van der Waals surface area (Å²) in [5, 5.41) is 0. The van der Waals surface area contributed by atoms with Crippen molar-refractivity contribution in [1.82, 2.24) is 0 Å². The van der Waals surface area contributed by atoms with E-state index in [2.05, 4.69) is 31.9 Å². The minimum Gasteiger partial charge on any atom is -0.483 e. The van der Waals surface area contributed by atoms with Crippen molar-refractivity contribution in [1.29, 1.82) is 0 Å². The molecule has 0 radical (unpaired) electrons. The van der Waals surface area contributed by atoms with Crippen molar-refractivity contribution in [2.75, 3.05) is 12.3 Å². The number of benzene rings is 2. The molecule has 0 aliphatic carbocycles. The van der Waals surface area contributed by atoms with Crippen LogP contribution in [0.25, 0.3) is 0 Å². The first kappa shape index (κ1) is 14.1. The first-order valence-corrected chi connectivity index (χ1v) is 7.12. The fourth-order valence-corrected chi connectivity index (χ4v) is 2.82. The van der Waals surface area contributed by atoms with E-state index in [1.807, 2.05) is 24.3 Å². The molecule has 0 amide bonds. The first-order chi connectivity index (χ1) is 9.08. The molecule has 0 saturated heterocycles. The van der Waals surface area contributed by atoms with E-state index in [9.17, 15) is 4.79 Å². The lowest BCUT2D eigenvalue weighted by atomic mass is 10.1. The van der Waals surface area contributed by atoms with Crippen LogP contribution >= 0.6 is 31.9 Å². The summed E-state index contributed by atoms with van der Waals surface area (Å²) in [6.45, 7) is -0.0472. The van der Waals surface area contributed by atoms with Gasteiger partial charge in [0.05, 0.1) is 5.69 Å². The molecule has 0 aliphatic rings. The number of carbonyl (C=O) groups is 1. The van der Waals surface area contributed by atoms with Crippen LogP contribution in [0.4, 0.5) is 5.69 Å². The second-order valence-corrected chi connectivity index (χ2v) is 5.64. The molecule has 2 rings (SSSR count). The highest BCUT2D eigenvalue weighted by molar-refractivity contribution is 9.11. The fourth-order valence-electron chi connectivity index (χ4n) is 1.55. The number of hydrogen-bond acceptors (Lipinski definition) is 3. The maximum absolute atomic E-state index is 12.1. The fraction of sp³-hybridized carbons (Fsp3) is 0.0714. The van der Waals surface area contributed by atoms with Gasteiger partial charge in [0.1, 0.15) is 5.75 Å². The van der Waals surface area contributed by atoms with Gasteiger partial charge in [-0.2, -0.15) is 0 Å². The Morgan fingerprint density at radius 2 is 1.89 bits per heavy atom. The van der Waals surface area contributed by atoms with Gasteiger partial charge in [-0.15, -0.1) is 0 Å². The Kier molecular flexibility index (Phi) is 4.61. The second-order valence-electron chi connectivity index (χ2n) is 3.87. The van der Waals surface area contributed by atoms with Crippen LogP contribution in [-0.2, 0) is 0 Å². The van der Waals surface area contributed by atoms with E-state index in [4.69, 9.17) is 10.5 Å². The molecule has 0 atom stereocenters. The van der Waals surface area contributed by atoms with Gasteiger partial charge in [-0.05, 0) is 30.3 Å². The molecule has 0 heterocycles. The van der Waals surface area contributed by atoms with Gasteiger partial charge in [0.25, 0.3) is 0 Å². The van der Waals surface area contributed by atoms with Crippen molar-refractivity contribution in [2.24, 2.45) is 0 Å². The number of anilines is 1. The zero-order valence-corrected chi connectivity index (χ0v) is 13.1. The molecule has 0 bridgehead atoms. The monoisotopic (exact) mass is 383 g/mol. The van der Waals surface area contributed by atoms with Crippen molar-refractivity contribution < 1.29 is 9.53 Å². The molecular formula is C14H11Br2NO2. The topological polar surface area (TPSA) is 52.3 Å². The number of halogens is 2. The van der Waals surface area contributed by atoms with Gasteiger partial charge in [-0.25, -0.2) is 0 Å². The van der Waals surface area contributed by atoms with Gasteiger partial charge < -0.3 is 10.5 Å². The summed E-state index contributed by atoms with van der Waals surface area (Å²) in [6, 6.07) is 12.5. The average Bonchev–Trinajstić information content (AvgIpc) is 2.37. The van der Waals surface area contributed by atoms with Crippen LogP contribution in [0.5, 0.6) is 5.75 Å². The van der Waals surface area contributed by atoms with Gasteiger partial charge in [-0.3, -0.25) is 4.79 Å². The third-order valence-electron chi connectivity index (χ3n) is 2.51. The molecular weight excluding hydrogens is 374 g/mol. The van der Waals surface area contributed by atoms with Crippen molar-refractivity contribution >= 4 is 43.3 Å². The Morgan fingerprint density at radius 3 is 2.58 bits per heavy atom. The molecule has 19 heavy (non-hydrogen) atoms. The maximum atomic E-state index is 12.1. The van der Waals surface area contributed by atoms with E-state index in [0.29, 0.717) is 17.0 Å². The van der Waals surface area contributed by atoms with Gasteiger partial charge in [0, 0.05) is 14.5 Å². The number of nitrogen functional groups attached to an aromatic ring is 1. The van der Waals surface area contributed by atoms with Gasteiger partial charge >= 0.3 is 0 Å². The molecule has 5 heteroatoms. The highest BCUT2D eigenvalue weighted by atomic mass is 79.9. The molecule has 2 aromatic rings. The van der Waals surface area contributed by atoms with Crippen LogP contribution in [0.2, 0.25) is 0 Å². The highest BCUT2D eigenvalue weighted by Gasteiger charge is 2.11. The molecule has 0 aromatic heterocycles. The zero-order chi connectivity index (χ0) is 13.8. The Balaban J connectivity index is 2.08. The second kappa shape index (κ2) is 6.21. The maximum Gasteiger partial charge on any atom is 0.201 e. The molecule has 3 nitrogen and oxygen atoms in total. The lowest BCUT2D eigenvalue weighted by Crippen LogP contribution is -2.12. The minimum absolute atomic E-state index is 0.0472. The van der Waals surface area contributed by atoms with E-state index in [1.54, 1.807) is 18.2 Å². The predicted octanol–water partition coefficient (Wildman–Crippen LogP) is 4.06. The Labute approximate surface area is 128 Å². The molecule has 0 spiro atoms. The Hall–Kier alpha value is -1.33. The van der Waals surface area contributed by atoms with Crippen LogP contribution < -0.4 is 10.5 Å². The molecule has 0 fully saturated rings. The smallest absolute Gasteiger partial charge is 0.201 e. The number of Topliss-reactive ketones (excluding diaryl/α,β-unsaturated/α-hetero) is 1. The molecule has 0 saturated carbocycles. The zero-order valence-electron chi connectivity index (χ0n) is 9.90. The van der Waals surface area contributed by atoms with Crippen LogP contribution in [-0.4, -0.2) is 12.4 Å². The van der Waals surface area contributed by atoms with E-state index < -0.39 is 0 Å². The van der Waals surface area contributed by atoms with Crippen LogP contribution in [0, 0.1) is 0 Å². The summed E-state index contributed by atoms with van der Waals surface area (Å²) in [7, 11) is 0. The minimum atomic E-state index is -0.109. The third kappa shape index (κ3) is 3.58. The molecule has 2 N–H and O–H groups in total. The summed E-state index contributed by atoms with van der Waals surface area (Å²) >= 11 is 6.70. The number of carbonyl (C=O) groups excluding carboxylic acids is 1. The van der Waals surface area contributed by atoms with E-state index in [0.717, 1.165) is 8.95 Å². The number of nitrogens with two attached hydrogens (primary N) is 1. The molecule has 98 valence electrons. The first-order valence-electron chi connectivity index (χ1n) is 5.53. The highest BCUT2D eigenvalue weighted by Crippen LogP contribution is 2.24. The van der Waals surface area contributed by atoms with Crippen LogP contribution in [0.15, 0.2) is 51.4 Å². The average molecular weight is 385 g/mol. The summed E-state index contributed by atoms with van der Waals surface area (Å²) in [4.78, 5) is 12.1. The molecule has 0 aliphatic heterocycles. The van der Waals surface area contributed by atoms with Crippen molar-refractivity contribution in [3.8, 4) is 5.75 Å². The van der Waals surface area contributed by atoms with Crippen LogP contribution in [0.3, 0.4) is 0 Å². The summed E-state index contributed by atoms with van der Waals surface area (Å²) in [5.74, 6) is 0.409. The standard InChI is InChI=1S/C14H11Br2NO2/c15-9-5-6-10(11(16)7-9)13(18)8-19-14-4-2-1-3-12(14)17/h1-7H,8,17H2. The van der Waals surface area contributed by atoms with Crippen molar-refractivity contribution in [3.05, 3.63) is 57.0 Å². The Morgan fingerprint density at radius 1 is 1.16 bits per heavy atom. The molecule has 2 aromatic carbocycles. The lowest BCUT2D eigenvalue weighted by Gasteiger charge is -2.09. The molecule has 0 unspecified atom stereocenters. The van der Waals surface area contributed by atoms with E-state index in [1.165, 1.54) is 0 Å². The number of para-hydroxylation sites is 2. The lowest BCUT2D eigenvalue weighted by molar-refractivity contribution is 0.0921. The van der Waals surface area contributed by atoms with Crippen molar-refractivity contribution in [2.45, 2.75) is 0 Å². The van der Waals surface area contributed by atoms with Gasteiger partial charge in [-0.1, -0.05) is 44.0 Å². The van der Waals surface area contributed by atoms with Gasteiger partial charge in [0.2, 0.25) is 5.78 Å².